The molecule has 1 atom stereocenters. The molecule has 0 spiro atoms. The predicted octanol–water partition coefficient (Wildman–Crippen LogP) is 2.70. The first-order valence-corrected chi connectivity index (χ1v) is 7.87. The maximum atomic E-state index is 12.7. The number of para-hydroxylation sites is 1. The molecule has 1 saturated heterocycles. The average molecular weight is 285 g/mol. The van der Waals surface area contributed by atoms with Crippen molar-refractivity contribution < 1.29 is 4.79 Å². The lowest BCUT2D eigenvalue weighted by molar-refractivity contribution is -0.125. The molecule has 2 aromatic rings. The molecule has 4 heteroatoms. The first-order chi connectivity index (χ1) is 10.1. The van der Waals surface area contributed by atoms with Gasteiger partial charge in [-0.05, 0) is 45.7 Å². The number of carbonyl (C=O) groups is 1. The molecule has 0 saturated carbocycles. The normalized spacial score (nSPS) is 22.6. The van der Waals surface area contributed by atoms with E-state index in [9.17, 15) is 4.79 Å². The summed E-state index contributed by atoms with van der Waals surface area (Å²) >= 11 is 0. The van der Waals surface area contributed by atoms with Gasteiger partial charge in [-0.25, -0.2) is 0 Å². The van der Waals surface area contributed by atoms with Gasteiger partial charge >= 0.3 is 0 Å². The van der Waals surface area contributed by atoms with Gasteiger partial charge in [0.25, 0.3) is 0 Å². The number of hydrogen-bond acceptors (Lipinski definition) is 3. The second-order valence-electron chi connectivity index (χ2n) is 6.10. The highest BCUT2D eigenvalue weighted by Crippen LogP contribution is 2.24. The van der Waals surface area contributed by atoms with E-state index in [1.165, 1.54) is 0 Å². The number of piperidine rings is 1. The number of fused-ring (bicyclic) bond motifs is 1. The fourth-order valence-electron chi connectivity index (χ4n) is 3.21. The van der Waals surface area contributed by atoms with Crippen molar-refractivity contribution in [3.05, 3.63) is 30.0 Å². The molecule has 4 nitrogen and oxygen atoms in total. The van der Waals surface area contributed by atoms with Crippen molar-refractivity contribution in [1.29, 1.82) is 0 Å². The Bertz CT molecular complexity index is 653. The molecular weight excluding hydrogens is 262 g/mol. The minimum Gasteiger partial charge on any atom is -0.305 e. The largest absolute Gasteiger partial charge is 0.305 e. The SMILES string of the molecule is CCn1nc(CC(=O)C2(C)CCCCN2)c2ccccc21. The topological polar surface area (TPSA) is 46.9 Å². The van der Waals surface area contributed by atoms with Gasteiger partial charge in [-0.3, -0.25) is 9.48 Å². The standard InChI is InChI=1S/C17H23N3O/c1-3-20-15-9-5-4-8-13(15)14(19-20)12-16(21)17(2)10-6-7-11-18-17/h4-5,8-9,18H,3,6-7,10-12H2,1-2H3. The smallest absolute Gasteiger partial charge is 0.158 e. The molecule has 3 rings (SSSR count). The number of aryl methyl sites for hydroxylation is 1. The van der Waals surface area contributed by atoms with Gasteiger partial charge in [0.1, 0.15) is 0 Å². The zero-order valence-corrected chi connectivity index (χ0v) is 12.9. The number of rotatable bonds is 4. The van der Waals surface area contributed by atoms with E-state index in [1.807, 2.05) is 23.7 Å². The van der Waals surface area contributed by atoms with Crippen molar-refractivity contribution in [2.75, 3.05) is 6.54 Å². The van der Waals surface area contributed by atoms with E-state index in [4.69, 9.17) is 0 Å². The maximum absolute atomic E-state index is 12.7. The number of nitrogens with zero attached hydrogens (tertiary/aromatic N) is 2. The Hall–Kier alpha value is -1.68. The highest BCUT2D eigenvalue weighted by molar-refractivity contribution is 5.93. The Morgan fingerprint density at radius 2 is 2.19 bits per heavy atom. The quantitative estimate of drug-likeness (QED) is 0.939. The summed E-state index contributed by atoms with van der Waals surface area (Å²) in [5, 5.41) is 9.15. The summed E-state index contributed by atoms with van der Waals surface area (Å²) in [5.41, 5.74) is 1.64. The van der Waals surface area contributed by atoms with Gasteiger partial charge in [-0.15, -0.1) is 0 Å². The van der Waals surface area contributed by atoms with Crippen LogP contribution in [-0.2, 0) is 17.8 Å². The van der Waals surface area contributed by atoms with Crippen molar-refractivity contribution in [2.45, 2.75) is 51.6 Å². The van der Waals surface area contributed by atoms with Crippen LogP contribution in [0.5, 0.6) is 0 Å². The summed E-state index contributed by atoms with van der Waals surface area (Å²) in [4.78, 5) is 12.7. The number of hydrogen-bond donors (Lipinski definition) is 1. The van der Waals surface area contributed by atoms with Crippen molar-refractivity contribution in [3.63, 3.8) is 0 Å². The molecule has 21 heavy (non-hydrogen) atoms. The van der Waals surface area contributed by atoms with Gasteiger partial charge in [0.05, 0.1) is 23.2 Å². The lowest BCUT2D eigenvalue weighted by Gasteiger charge is -2.33. The number of nitrogens with one attached hydrogen (secondary N) is 1. The van der Waals surface area contributed by atoms with Gasteiger partial charge < -0.3 is 5.32 Å². The molecule has 1 aliphatic heterocycles. The highest BCUT2D eigenvalue weighted by Gasteiger charge is 2.34. The summed E-state index contributed by atoms with van der Waals surface area (Å²) in [6, 6.07) is 8.17. The highest BCUT2D eigenvalue weighted by atomic mass is 16.1. The maximum Gasteiger partial charge on any atom is 0.158 e. The number of aromatic nitrogens is 2. The molecule has 1 unspecified atom stereocenters. The van der Waals surface area contributed by atoms with Crippen LogP contribution in [0.15, 0.2) is 24.3 Å². The molecule has 1 aromatic carbocycles. The number of ketones is 1. The van der Waals surface area contributed by atoms with Crippen LogP contribution in [0.1, 0.15) is 38.8 Å². The number of Topliss-reactive ketones (excluding diaryl/α,β-unsaturated/α-hetero) is 1. The third-order valence-corrected chi connectivity index (χ3v) is 4.60. The van der Waals surface area contributed by atoms with E-state index in [2.05, 4.69) is 29.5 Å². The number of benzene rings is 1. The van der Waals surface area contributed by atoms with Gasteiger partial charge in [-0.2, -0.15) is 5.10 Å². The Morgan fingerprint density at radius 1 is 1.38 bits per heavy atom. The molecule has 0 aliphatic carbocycles. The molecule has 1 N–H and O–H groups in total. The average Bonchev–Trinajstić information content (AvgIpc) is 2.86. The van der Waals surface area contributed by atoms with E-state index in [0.29, 0.717) is 6.42 Å². The fourth-order valence-corrected chi connectivity index (χ4v) is 3.21. The van der Waals surface area contributed by atoms with Crippen molar-refractivity contribution in [2.24, 2.45) is 0 Å². The van der Waals surface area contributed by atoms with E-state index >= 15 is 0 Å². The van der Waals surface area contributed by atoms with Crippen LogP contribution >= 0.6 is 0 Å². The molecule has 0 bridgehead atoms. The van der Waals surface area contributed by atoms with Crippen LogP contribution in [0.4, 0.5) is 0 Å². The zero-order chi connectivity index (χ0) is 14.9. The van der Waals surface area contributed by atoms with Gasteiger partial charge in [-0.1, -0.05) is 18.2 Å². The Morgan fingerprint density at radius 3 is 2.90 bits per heavy atom. The fraction of sp³-hybridized carbons (Fsp3) is 0.529. The van der Waals surface area contributed by atoms with Crippen molar-refractivity contribution >= 4 is 16.7 Å². The molecule has 1 fully saturated rings. The molecule has 0 radical (unpaired) electrons. The van der Waals surface area contributed by atoms with E-state index in [1.54, 1.807) is 0 Å². The zero-order valence-electron chi connectivity index (χ0n) is 12.9. The minimum absolute atomic E-state index is 0.258. The Balaban J connectivity index is 1.89. The monoisotopic (exact) mass is 285 g/mol. The summed E-state index contributed by atoms with van der Waals surface area (Å²) in [6.45, 7) is 5.87. The van der Waals surface area contributed by atoms with Crippen LogP contribution in [0.2, 0.25) is 0 Å². The third-order valence-electron chi connectivity index (χ3n) is 4.60. The van der Waals surface area contributed by atoms with Gasteiger partial charge in [0.2, 0.25) is 0 Å². The molecule has 1 aromatic heterocycles. The van der Waals surface area contributed by atoms with Crippen LogP contribution in [0, 0.1) is 0 Å². The van der Waals surface area contributed by atoms with E-state index < -0.39 is 0 Å². The Kier molecular flexibility index (Phi) is 3.81. The molecule has 112 valence electrons. The van der Waals surface area contributed by atoms with Gasteiger partial charge in [0, 0.05) is 11.9 Å². The summed E-state index contributed by atoms with van der Waals surface area (Å²) < 4.78 is 1.98. The van der Waals surface area contributed by atoms with Crippen LogP contribution < -0.4 is 5.32 Å². The van der Waals surface area contributed by atoms with E-state index in [-0.39, 0.29) is 11.3 Å². The summed E-state index contributed by atoms with van der Waals surface area (Å²) in [7, 11) is 0. The lowest BCUT2D eigenvalue weighted by atomic mass is 9.85. The number of carbonyl (C=O) groups excluding carboxylic acids is 1. The first kappa shape index (κ1) is 14.3. The van der Waals surface area contributed by atoms with Crippen LogP contribution in [-0.4, -0.2) is 27.6 Å². The molecule has 1 aliphatic rings. The van der Waals surface area contributed by atoms with E-state index in [0.717, 1.165) is 48.9 Å². The first-order valence-electron chi connectivity index (χ1n) is 7.87. The molecule has 0 amide bonds. The summed E-state index contributed by atoms with van der Waals surface area (Å²) in [5.74, 6) is 0.258. The minimum atomic E-state index is -0.380. The predicted molar refractivity (Wildman–Crippen MR) is 84.4 cm³/mol. The van der Waals surface area contributed by atoms with Gasteiger partial charge in [0.15, 0.2) is 5.78 Å². The van der Waals surface area contributed by atoms with Crippen LogP contribution in [0.25, 0.3) is 10.9 Å². The lowest BCUT2D eigenvalue weighted by Crippen LogP contribution is -2.52. The second kappa shape index (κ2) is 5.60. The summed E-state index contributed by atoms with van der Waals surface area (Å²) in [6.07, 6.45) is 3.63. The molecular formula is C17H23N3O. The van der Waals surface area contributed by atoms with Crippen LogP contribution in [0.3, 0.4) is 0 Å². The Labute approximate surface area is 125 Å². The molecule has 2 heterocycles. The third kappa shape index (κ3) is 2.60. The van der Waals surface area contributed by atoms with Crippen molar-refractivity contribution in [1.82, 2.24) is 15.1 Å². The second-order valence-corrected chi connectivity index (χ2v) is 6.10. The van der Waals surface area contributed by atoms with Crippen molar-refractivity contribution in [3.8, 4) is 0 Å².